The highest BCUT2D eigenvalue weighted by Crippen LogP contribution is 2.32. The topological polar surface area (TPSA) is 91.3 Å². The predicted molar refractivity (Wildman–Crippen MR) is 110 cm³/mol. The highest BCUT2D eigenvalue weighted by Gasteiger charge is 2.34. The summed E-state index contributed by atoms with van der Waals surface area (Å²) in [5, 5.41) is 12.7. The zero-order valence-corrected chi connectivity index (χ0v) is 17.5. The number of esters is 1. The van der Waals surface area contributed by atoms with E-state index in [0.717, 1.165) is 18.8 Å². The first-order chi connectivity index (χ1) is 13.8. The average Bonchev–Trinajstić information content (AvgIpc) is 2.97. The molecule has 0 bridgehead atoms. The van der Waals surface area contributed by atoms with Crippen molar-refractivity contribution >= 4 is 34.9 Å². The van der Waals surface area contributed by atoms with E-state index >= 15 is 0 Å². The lowest BCUT2D eigenvalue weighted by atomic mass is 10.1. The van der Waals surface area contributed by atoms with Crippen LogP contribution in [0, 0.1) is 0 Å². The number of nitrogens with zero attached hydrogens (tertiary/aromatic N) is 2. The third-order valence-electron chi connectivity index (χ3n) is 4.93. The van der Waals surface area contributed by atoms with E-state index in [2.05, 4.69) is 10.2 Å². The molecule has 29 heavy (non-hydrogen) atoms. The van der Waals surface area contributed by atoms with Crippen LogP contribution >= 0.6 is 11.6 Å². The average molecular weight is 424 g/mol. The molecule has 0 aromatic heterocycles. The molecule has 1 fully saturated rings. The summed E-state index contributed by atoms with van der Waals surface area (Å²) in [4.78, 5) is 28.3. The van der Waals surface area contributed by atoms with Crippen molar-refractivity contribution in [1.29, 1.82) is 0 Å². The normalized spacial score (nSPS) is 22.3. The van der Waals surface area contributed by atoms with Gasteiger partial charge >= 0.3 is 5.97 Å². The number of morpholine rings is 1. The molecule has 0 aliphatic carbocycles. The van der Waals surface area contributed by atoms with Crippen LogP contribution in [0.1, 0.15) is 13.8 Å². The van der Waals surface area contributed by atoms with Crippen LogP contribution in [0.5, 0.6) is 0 Å². The molecule has 2 N–H and O–H groups in total. The number of aliphatic hydroxyl groups excluding tert-OH is 1. The molecule has 2 aliphatic rings. The van der Waals surface area contributed by atoms with Crippen molar-refractivity contribution in [2.45, 2.75) is 26.1 Å². The number of carbonyl (C=O) groups excluding carboxylic acids is 2. The predicted octanol–water partition coefficient (Wildman–Crippen LogP) is 1.63. The molecule has 2 atom stereocenters. The first kappa shape index (κ1) is 21.4. The number of amides is 1. The SMILES string of the molecule is COC(=O)C1=C(Nc2ccc(N3CC(C)OC(C)C3)c(Cl)c2)C(=O)N(CCO)C1. The number of β-amino-alcohol motifs (C(OH)–C–C–N with tert-alkyl or cyclic N) is 1. The van der Waals surface area contributed by atoms with Crippen LogP contribution in [0.25, 0.3) is 0 Å². The molecule has 0 saturated carbocycles. The van der Waals surface area contributed by atoms with Crippen molar-refractivity contribution < 1.29 is 24.2 Å². The highest BCUT2D eigenvalue weighted by atomic mass is 35.5. The molecule has 2 aliphatic heterocycles. The maximum atomic E-state index is 12.6. The number of benzene rings is 1. The number of ether oxygens (including phenoxy) is 2. The number of nitrogens with one attached hydrogen (secondary N) is 1. The van der Waals surface area contributed by atoms with Gasteiger partial charge in [-0.15, -0.1) is 0 Å². The molecule has 2 unspecified atom stereocenters. The van der Waals surface area contributed by atoms with Gasteiger partial charge in [0.05, 0.1) is 48.8 Å². The summed E-state index contributed by atoms with van der Waals surface area (Å²) in [5.74, 6) is -0.948. The van der Waals surface area contributed by atoms with Gasteiger partial charge in [0.1, 0.15) is 5.70 Å². The number of carbonyl (C=O) groups is 2. The zero-order chi connectivity index (χ0) is 21.1. The lowest BCUT2D eigenvalue weighted by Gasteiger charge is -2.37. The lowest BCUT2D eigenvalue weighted by Crippen LogP contribution is -2.45. The van der Waals surface area contributed by atoms with E-state index in [9.17, 15) is 9.59 Å². The molecule has 0 spiro atoms. The minimum absolute atomic E-state index is 0.0871. The Labute approximate surface area is 175 Å². The van der Waals surface area contributed by atoms with Crippen molar-refractivity contribution in [3.05, 3.63) is 34.5 Å². The van der Waals surface area contributed by atoms with Gasteiger partial charge in [-0.2, -0.15) is 0 Å². The number of hydrogen-bond acceptors (Lipinski definition) is 7. The fraction of sp³-hybridized carbons (Fsp3) is 0.500. The minimum Gasteiger partial charge on any atom is -0.466 e. The van der Waals surface area contributed by atoms with Crippen LogP contribution in [-0.4, -0.2) is 74.0 Å². The Morgan fingerprint density at radius 1 is 1.34 bits per heavy atom. The summed E-state index contributed by atoms with van der Waals surface area (Å²) in [6.07, 6.45) is 0.211. The van der Waals surface area contributed by atoms with Gasteiger partial charge in [0.2, 0.25) is 0 Å². The molecule has 1 aromatic carbocycles. The molecule has 9 heteroatoms. The first-order valence-corrected chi connectivity index (χ1v) is 9.90. The van der Waals surface area contributed by atoms with E-state index in [4.69, 9.17) is 26.2 Å². The number of hydrogen-bond donors (Lipinski definition) is 2. The summed E-state index contributed by atoms with van der Waals surface area (Å²) in [6, 6.07) is 5.43. The van der Waals surface area contributed by atoms with Crippen LogP contribution in [0.2, 0.25) is 5.02 Å². The summed E-state index contributed by atoms with van der Waals surface area (Å²) >= 11 is 6.53. The van der Waals surface area contributed by atoms with Gasteiger partial charge in [-0.1, -0.05) is 11.6 Å². The summed E-state index contributed by atoms with van der Waals surface area (Å²) in [6.45, 7) is 5.56. The molecular weight excluding hydrogens is 398 g/mol. The smallest absolute Gasteiger partial charge is 0.337 e. The Hall–Kier alpha value is -2.29. The van der Waals surface area contributed by atoms with E-state index in [1.165, 1.54) is 12.0 Å². The Morgan fingerprint density at radius 3 is 2.62 bits per heavy atom. The van der Waals surface area contributed by atoms with Gasteiger partial charge in [-0.25, -0.2) is 4.79 Å². The second-order valence-electron chi connectivity index (χ2n) is 7.25. The van der Waals surface area contributed by atoms with Crippen molar-refractivity contribution in [2.24, 2.45) is 0 Å². The fourth-order valence-electron chi connectivity index (χ4n) is 3.71. The molecule has 1 saturated heterocycles. The second kappa shape index (κ2) is 9.02. The number of aliphatic hydroxyl groups is 1. The zero-order valence-electron chi connectivity index (χ0n) is 16.8. The summed E-state index contributed by atoms with van der Waals surface area (Å²) < 4.78 is 10.6. The third kappa shape index (κ3) is 4.66. The largest absolute Gasteiger partial charge is 0.466 e. The molecule has 2 heterocycles. The van der Waals surface area contributed by atoms with Gasteiger partial charge in [-0.05, 0) is 32.0 Å². The van der Waals surface area contributed by atoms with Crippen molar-refractivity contribution in [1.82, 2.24) is 4.90 Å². The van der Waals surface area contributed by atoms with E-state index < -0.39 is 5.97 Å². The Morgan fingerprint density at radius 2 is 2.03 bits per heavy atom. The van der Waals surface area contributed by atoms with Gasteiger partial charge in [0.25, 0.3) is 5.91 Å². The van der Waals surface area contributed by atoms with E-state index in [-0.39, 0.29) is 49.1 Å². The summed E-state index contributed by atoms with van der Waals surface area (Å²) in [5.41, 5.74) is 1.84. The van der Waals surface area contributed by atoms with E-state index in [1.807, 2.05) is 26.0 Å². The fourth-order valence-corrected chi connectivity index (χ4v) is 4.01. The number of rotatable bonds is 6. The van der Waals surface area contributed by atoms with Gasteiger partial charge < -0.3 is 29.7 Å². The van der Waals surface area contributed by atoms with Crippen LogP contribution in [0.15, 0.2) is 29.5 Å². The van der Waals surface area contributed by atoms with Gasteiger partial charge in [-0.3, -0.25) is 4.79 Å². The van der Waals surface area contributed by atoms with Gasteiger partial charge in [0.15, 0.2) is 0 Å². The molecule has 158 valence electrons. The molecule has 3 rings (SSSR count). The first-order valence-electron chi connectivity index (χ1n) is 9.52. The molecule has 0 radical (unpaired) electrons. The Bertz CT molecular complexity index is 818. The second-order valence-corrected chi connectivity index (χ2v) is 7.66. The Kier molecular flexibility index (Phi) is 6.66. The van der Waals surface area contributed by atoms with E-state index in [0.29, 0.717) is 10.7 Å². The molecule has 1 aromatic rings. The third-order valence-corrected chi connectivity index (χ3v) is 5.23. The molecule has 8 nitrogen and oxygen atoms in total. The summed E-state index contributed by atoms with van der Waals surface area (Å²) in [7, 11) is 1.27. The monoisotopic (exact) mass is 423 g/mol. The molecule has 1 amide bonds. The van der Waals surface area contributed by atoms with Crippen molar-refractivity contribution in [2.75, 3.05) is 50.1 Å². The maximum Gasteiger partial charge on any atom is 0.337 e. The Balaban J connectivity index is 1.82. The van der Waals surface area contributed by atoms with Crippen LogP contribution in [-0.2, 0) is 19.1 Å². The van der Waals surface area contributed by atoms with Crippen LogP contribution in [0.3, 0.4) is 0 Å². The lowest BCUT2D eigenvalue weighted by molar-refractivity contribution is -0.136. The van der Waals surface area contributed by atoms with Crippen LogP contribution < -0.4 is 10.2 Å². The number of halogens is 1. The van der Waals surface area contributed by atoms with Crippen molar-refractivity contribution in [3.8, 4) is 0 Å². The standard InChI is InChI=1S/C20H26ClN3O5/c1-12-9-24(10-13(2)29-12)17-5-4-14(8-16(17)21)22-18-15(20(27)28-3)11-23(6-7-25)19(18)26/h4-5,8,12-13,22,25H,6-7,9-11H2,1-3H3. The van der Waals surface area contributed by atoms with E-state index in [1.54, 1.807) is 6.07 Å². The van der Waals surface area contributed by atoms with Gasteiger partial charge in [0, 0.05) is 25.3 Å². The maximum absolute atomic E-state index is 12.6. The quantitative estimate of drug-likeness (QED) is 0.672. The minimum atomic E-state index is -0.583. The number of methoxy groups -OCH3 is 1. The molecular formula is C20H26ClN3O5. The number of anilines is 2. The highest BCUT2D eigenvalue weighted by molar-refractivity contribution is 6.33. The van der Waals surface area contributed by atoms with Crippen molar-refractivity contribution in [3.63, 3.8) is 0 Å². The van der Waals surface area contributed by atoms with Crippen LogP contribution in [0.4, 0.5) is 11.4 Å².